The second-order valence-corrected chi connectivity index (χ2v) is 8.04. The third-order valence-electron chi connectivity index (χ3n) is 4.94. The van der Waals surface area contributed by atoms with Gasteiger partial charge in [-0.1, -0.05) is 6.42 Å². The maximum Gasteiger partial charge on any atom is 0.410 e. The average Bonchev–Trinajstić information content (AvgIpc) is 2.54. The predicted octanol–water partition coefficient (Wildman–Crippen LogP) is 2.23. The largest absolute Gasteiger partial charge is 0.444 e. The fraction of sp³-hybridized carbons (Fsp3) is 0.889. The van der Waals surface area contributed by atoms with Crippen LogP contribution in [0.2, 0.25) is 0 Å². The van der Waals surface area contributed by atoms with Crippen LogP contribution < -0.4 is 5.32 Å². The molecule has 0 spiro atoms. The van der Waals surface area contributed by atoms with Crippen molar-refractivity contribution in [1.29, 1.82) is 0 Å². The molecule has 24 heavy (non-hydrogen) atoms. The zero-order valence-corrected chi connectivity index (χ0v) is 15.6. The van der Waals surface area contributed by atoms with Crippen LogP contribution >= 0.6 is 0 Å². The molecule has 0 aromatic carbocycles. The first-order valence-corrected chi connectivity index (χ1v) is 9.22. The normalized spacial score (nSPS) is 26.1. The number of hydrogen-bond donors (Lipinski definition) is 1. The third kappa shape index (κ3) is 5.36. The number of rotatable bonds is 3. The molecule has 138 valence electrons. The minimum Gasteiger partial charge on any atom is -0.444 e. The molecule has 2 aliphatic rings. The molecule has 2 unspecified atom stereocenters. The summed E-state index contributed by atoms with van der Waals surface area (Å²) in [5.74, 6) is 0.498. The summed E-state index contributed by atoms with van der Waals surface area (Å²) < 4.78 is 5.53. The van der Waals surface area contributed by atoms with E-state index >= 15 is 0 Å². The first-order valence-electron chi connectivity index (χ1n) is 9.22. The minimum absolute atomic E-state index is 0.0710. The molecule has 0 saturated carbocycles. The molecule has 0 aromatic heterocycles. The van der Waals surface area contributed by atoms with E-state index in [2.05, 4.69) is 10.2 Å². The molecular formula is C18H33N3O3. The first kappa shape index (κ1) is 19.0. The molecule has 0 aliphatic carbocycles. The summed E-state index contributed by atoms with van der Waals surface area (Å²) in [7, 11) is 1.69. The number of likely N-dealkylation sites (tertiary alicyclic amines) is 2. The summed E-state index contributed by atoms with van der Waals surface area (Å²) in [4.78, 5) is 28.3. The number of hydrogen-bond acceptors (Lipinski definition) is 4. The van der Waals surface area contributed by atoms with Crippen LogP contribution in [0, 0.1) is 5.92 Å². The van der Waals surface area contributed by atoms with Crippen molar-refractivity contribution in [2.45, 2.75) is 64.5 Å². The Labute approximate surface area is 145 Å². The molecule has 2 aliphatic heterocycles. The van der Waals surface area contributed by atoms with Gasteiger partial charge < -0.3 is 15.0 Å². The summed E-state index contributed by atoms with van der Waals surface area (Å²) in [6.45, 7) is 8.65. The molecule has 6 heteroatoms. The summed E-state index contributed by atoms with van der Waals surface area (Å²) >= 11 is 0. The number of ether oxygens (including phenoxy) is 1. The standard InChI is InChI=1S/C18H33N3O3/c1-18(2,3)24-17(23)21-11-7-8-14(12-21)15-9-5-6-10-20(15)13-16(22)19-4/h14-15H,5-13H2,1-4H3,(H,19,22). The smallest absolute Gasteiger partial charge is 0.410 e. The number of piperidine rings is 2. The molecular weight excluding hydrogens is 306 g/mol. The minimum atomic E-state index is -0.458. The van der Waals surface area contributed by atoms with Gasteiger partial charge in [0.15, 0.2) is 0 Å². The van der Waals surface area contributed by atoms with E-state index in [1.807, 2.05) is 25.7 Å². The Hall–Kier alpha value is -1.30. The molecule has 2 fully saturated rings. The van der Waals surface area contributed by atoms with Crippen molar-refractivity contribution in [2.24, 2.45) is 5.92 Å². The van der Waals surface area contributed by atoms with Gasteiger partial charge in [0, 0.05) is 26.2 Å². The first-order chi connectivity index (χ1) is 11.3. The van der Waals surface area contributed by atoms with Crippen LogP contribution in [-0.2, 0) is 9.53 Å². The SMILES string of the molecule is CNC(=O)CN1CCCCC1C1CCCN(C(=O)OC(C)(C)C)C1. The fourth-order valence-electron chi connectivity index (χ4n) is 3.83. The zero-order chi connectivity index (χ0) is 17.7. The number of carbonyl (C=O) groups excluding carboxylic acids is 2. The van der Waals surface area contributed by atoms with Gasteiger partial charge in [-0.05, 0) is 58.9 Å². The van der Waals surface area contributed by atoms with Gasteiger partial charge in [-0.15, -0.1) is 0 Å². The van der Waals surface area contributed by atoms with Crippen LogP contribution in [0.3, 0.4) is 0 Å². The van der Waals surface area contributed by atoms with E-state index in [4.69, 9.17) is 4.74 Å². The van der Waals surface area contributed by atoms with Gasteiger partial charge >= 0.3 is 6.09 Å². The maximum atomic E-state index is 12.4. The van der Waals surface area contributed by atoms with Gasteiger partial charge in [-0.3, -0.25) is 9.69 Å². The van der Waals surface area contributed by atoms with E-state index in [9.17, 15) is 9.59 Å². The molecule has 2 atom stereocenters. The monoisotopic (exact) mass is 339 g/mol. The van der Waals surface area contributed by atoms with E-state index in [1.165, 1.54) is 6.42 Å². The number of likely N-dealkylation sites (N-methyl/N-ethyl adjacent to an activating group) is 1. The lowest BCUT2D eigenvalue weighted by atomic mass is 9.84. The van der Waals surface area contributed by atoms with E-state index < -0.39 is 5.60 Å². The molecule has 0 radical (unpaired) electrons. The van der Waals surface area contributed by atoms with Gasteiger partial charge in [0.1, 0.15) is 5.60 Å². The molecule has 6 nitrogen and oxygen atoms in total. The van der Waals surface area contributed by atoms with Crippen LogP contribution in [0.15, 0.2) is 0 Å². The van der Waals surface area contributed by atoms with Crippen LogP contribution in [-0.4, -0.2) is 66.7 Å². The van der Waals surface area contributed by atoms with Crippen LogP contribution in [0.5, 0.6) is 0 Å². The highest BCUT2D eigenvalue weighted by atomic mass is 16.6. The number of nitrogens with one attached hydrogen (secondary N) is 1. The van der Waals surface area contributed by atoms with Gasteiger partial charge in [-0.25, -0.2) is 4.79 Å². The Morgan fingerprint density at radius 1 is 1.12 bits per heavy atom. The quantitative estimate of drug-likeness (QED) is 0.856. The van der Waals surface area contributed by atoms with Gasteiger partial charge in [0.25, 0.3) is 0 Å². The molecule has 0 bridgehead atoms. The second kappa shape index (κ2) is 8.19. The number of amides is 2. The van der Waals surface area contributed by atoms with Gasteiger partial charge in [0.05, 0.1) is 6.54 Å². The molecule has 1 N–H and O–H groups in total. The Morgan fingerprint density at radius 2 is 1.88 bits per heavy atom. The van der Waals surface area contributed by atoms with Gasteiger partial charge in [0.2, 0.25) is 5.91 Å². The van der Waals surface area contributed by atoms with Crippen LogP contribution in [0.4, 0.5) is 4.79 Å². The second-order valence-electron chi connectivity index (χ2n) is 8.04. The van der Waals surface area contributed by atoms with E-state index in [1.54, 1.807) is 7.05 Å². The lowest BCUT2D eigenvalue weighted by Gasteiger charge is -2.44. The van der Waals surface area contributed by atoms with Crippen molar-refractivity contribution >= 4 is 12.0 Å². The lowest BCUT2D eigenvalue weighted by Crippen LogP contribution is -2.53. The predicted molar refractivity (Wildman–Crippen MR) is 93.8 cm³/mol. The van der Waals surface area contributed by atoms with Crippen LogP contribution in [0.1, 0.15) is 52.9 Å². The Bertz CT molecular complexity index is 447. The zero-order valence-electron chi connectivity index (χ0n) is 15.6. The summed E-state index contributed by atoms with van der Waals surface area (Å²) in [6.07, 6.45) is 5.39. The van der Waals surface area contributed by atoms with Crippen molar-refractivity contribution < 1.29 is 14.3 Å². The number of carbonyl (C=O) groups is 2. The van der Waals surface area contributed by atoms with Crippen molar-refractivity contribution in [3.05, 3.63) is 0 Å². The number of nitrogens with zero attached hydrogens (tertiary/aromatic N) is 2. The Balaban J connectivity index is 1.98. The summed E-state index contributed by atoms with van der Waals surface area (Å²) in [5, 5.41) is 2.72. The maximum absolute atomic E-state index is 12.4. The summed E-state index contributed by atoms with van der Waals surface area (Å²) in [5.41, 5.74) is -0.458. The highest BCUT2D eigenvalue weighted by Gasteiger charge is 2.35. The molecule has 0 aromatic rings. The third-order valence-corrected chi connectivity index (χ3v) is 4.94. The van der Waals surface area contributed by atoms with Crippen molar-refractivity contribution in [1.82, 2.24) is 15.1 Å². The van der Waals surface area contributed by atoms with Crippen molar-refractivity contribution in [2.75, 3.05) is 33.2 Å². The molecule has 2 rings (SSSR count). The van der Waals surface area contributed by atoms with E-state index in [0.717, 1.165) is 45.3 Å². The average molecular weight is 339 g/mol. The van der Waals surface area contributed by atoms with Crippen molar-refractivity contribution in [3.8, 4) is 0 Å². The molecule has 2 amide bonds. The Morgan fingerprint density at radius 3 is 2.54 bits per heavy atom. The van der Waals surface area contributed by atoms with Crippen LogP contribution in [0.25, 0.3) is 0 Å². The molecule has 2 saturated heterocycles. The Kier molecular flexibility index (Phi) is 6.49. The lowest BCUT2D eigenvalue weighted by molar-refractivity contribution is -0.123. The van der Waals surface area contributed by atoms with E-state index in [0.29, 0.717) is 18.5 Å². The fourth-order valence-corrected chi connectivity index (χ4v) is 3.83. The van der Waals surface area contributed by atoms with E-state index in [-0.39, 0.29) is 12.0 Å². The molecule has 2 heterocycles. The van der Waals surface area contributed by atoms with Crippen molar-refractivity contribution in [3.63, 3.8) is 0 Å². The summed E-state index contributed by atoms with van der Waals surface area (Å²) in [6, 6.07) is 0.390. The van der Waals surface area contributed by atoms with Gasteiger partial charge in [-0.2, -0.15) is 0 Å². The topological polar surface area (TPSA) is 61.9 Å². The highest BCUT2D eigenvalue weighted by molar-refractivity contribution is 5.77. The highest BCUT2D eigenvalue weighted by Crippen LogP contribution is 2.30.